The molecule has 0 aliphatic heterocycles. The molecule has 12 heavy (non-hydrogen) atoms. The zero-order valence-electron chi connectivity index (χ0n) is 5.79. The third kappa shape index (κ3) is 13.5. The van der Waals surface area contributed by atoms with Crippen molar-refractivity contribution in [2.45, 2.75) is 0 Å². The minimum Gasteiger partial charge on any atom is -1.00 e. The second-order valence-electron chi connectivity index (χ2n) is 1.34. The van der Waals surface area contributed by atoms with Crippen LogP contribution in [0.25, 0.3) is 0 Å². The van der Waals surface area contributed by atoms with Gasteiger partial charge in [0.25, 0.3) is 0 Å². The summed E-state index contributed by atoms with van der Waals surface area (Å²) in [5, 5.41) is 8.63. The van der Waals surface area contributed by atoms with E-state index in [-0.39, 0.29) is 72.0 Å². The van der Waals surface area contributed by atoms with E-state index in [1.807, 2.05) is 6.07 Å². The van der Waals surface area contributed by atoms with Gasteiger partial charge in [0.15, 0.2) is 0 Å². The molecule has 0 aliphatic carbocycles. The molecule has 1 radical (unpaired) electrons. The summed E-state index contributed by atoms with van der Waals surface area (Å²) in [5.74, 6) is 0.322. The van der Waals surface area contributed by atoms with Gasteiger partial charge in [-0.25, -0.2) is 0 Å². The molecule has 0 unspecified atom stereocenters. The monoisotopic (exact) mass is 415 g/mol. The van der Waals surface area contributed by atoms with Crippen molar-refractivity contribution in [2.24, 2.45) is 0 Å². The first-order chi connectivity index (χ1) is 3.39. The second-order valence-corrected chi connectivity index (χ2v) is 1.34. The first-order valence-electron chi connectivity index (χ1n) is 2.13. The van der Waals surface area contributed by atoms with Crippen LogP contribution in [0.4, 0.5) is 0 Å². The fraction of sp³-hybridized carbons (Fsp3) is 0. The summed E-state index contributed by atoms with van der Waals surface area (Å²) >= 11 is 0. The van der Waals surface area contributed by atoms with Crippen LogP contribution in [0.15, 0.2) is 30.3 Å². The summed E-state index contributed by atoms with van der Waals surface area (Å²) in [6.07, 6.45) is 0. The number of aromatic hydroxyl groups is 1. The van der Waals surface area contributed by atoms with E-state index in [1.54, 1.807) is 24.3 Å². The standard InChI is InChI=1S/C6H6O.4ClH.Ta/c7-6-4-2-1-3-5-6;;;;;/h1-5,7H;4*1H;/p-4. The zero-order valence-corrected chi connectivity index (χ0v) is 12.0. The average Bonchev–Trinajstić information content (AvgIpc) is 1.69. The van der Waals surface area contributed by atoms with Gasteiger partial charge in [-0.2, -0.15) is 0 Å². The topological polar surface area (TPSA) is 20.2 Å². The Morgan fingerprint density at radius 3 is 1.25 bits per heavy atom. The summed E-state index contributed by atoms with van der Waals surface area (Å²) in [4.78, 5) is 0. The summed E-state index contributed by atoms with van der Waals surface area (Å²) in [6, 6.07) is 8.71. The Kier molecular flexibility index (Phi) is 43.6. The maximum Gasteiger partial charge on any atom is 0.115 e. The molecule has 0 atom stereocenters. The second kappa shape index (κ2) is 17.9. The molecule has 0 spiro atoms. The molecular formula is C6H6Cl4OTa-4. The van der Waals surface area contributed by atoms with Gasteiger partial charge in [0.2, 0.25) is 0 Å². The number of phenolic OH excluding ortho intramolecular Hbond substituents is 1. The molecule has 0 amide bonds. The molecule has 0 saturated heterocycles. The van der Waals surface area contributed by atoms with Crippen molar-refractivity contribution in [1.82, 2.24) is 0 Å². The van der Waals surface area contributed by atoms with E-state index >= 15 is 0 Å². The molecule has 0 aromatic heterocycles. The third-order valence-electron chi connectivity index (χ3n) is 0.756. The molecule has 0 fully saturated rings. The van der Waals surface area contributed by atoms with Crippen molar-refractivity contribution in [3.05, 3.63) is 30.3 Å². The molecule has 73 valence electrons. The van der Waals surface area contributed by atoms with Crippen LogP contribution in [0.2, 0.25) is 0 Å². The molecule has 1 nitrogen and oxygen atoms in total. The van der Waals surface area contributed by atoms with Crippen LogP contribution in [0.5, 0.6) is 5.75 Å². The van der Waals surface area contributed by atoms with Gasteiger partial charge in [-0.15, -0.1) is 0 Å². The molecule has 1 aromatic rings. The minimum absolute atomic E-state index is 0. The van der Waals surface area contributed by atoms with Crippen LogP contribution in [0.1, 0.15) is 0 Å². The molecule has 0 saturated carbocycles. The maximum absolute atomic E-state index is 8.63. The van der Waals surface area contributed by atoms with Crippen molar-refractivity contribution in [3.8, 4) is 5.75 Å². The SMILES string of the molecule is Oc1ccccc1.[Cl-].[Cl-].[Cl-].[Cl-].[Ta]. The number of rotatable bonds is 0. The molecule has 1 rings (SSSR count). The van der Waals surface area contributed by atoms with E-state index in [2.05, 4.69) is 0 Å². The fourth-order valence-corrected chi connectivity index (χ4v) is 0.428. The third-order valence-corrected chi connectivity index (χ3v) is 0.756. The van der Waals surface area contributed by atoms with Crippen LogP contribution in [-0.4, -0.2) is 5.11 Å². The van der Waals surface area contributed by atoms with Gasteiger partial charge in [0.1, 0.15) is 5.75 Å². The van der Waals surface area contributed by atoms with Gasteiger partial charge in [0, 0.05) is 22.4 Å². The molecular weight excluding hydrogens is 411 g/mol. The summed E-state index contributed by atoms with van der Waals surface area (Å²) < 4.78 is 0. The molecule has 6 heteroatoms. The smallest absolute Gasteiger partial charge is 0.115 e. The van der Waals surface area contributed by atoms with Gasteiger partial charge in [-0.1, -0.05) is 18.2 Å². The zero-order chi connectivity index (χ0) is 5.11. The first kappa shape index (κ1) is 29.3. The van der Waals surface area contributed by atoms with E-state index in [0.29, 0.717) is 5.75 Å². The van der Waals surface area contributed by atoms with Crippen LogP contribution in [-0.2, 0) is 22.4 Å². The number of phenols is 1. The van der Waals surface area contributed by atoms with E-state index in [0.717, 1.165) is 0 Å². The molecule has 0 bridgehead atoms. The number of para-hydroxylation sites is 1. The molecule has 0 heterocycles. The quantitative estimate of drug-likeness (QED) is 0.445. The van der Waals surface area contributed by atoms with Crippen molar-refractivity contribution in [3.63, 3.8) is 0 Å². The van der Waals surface area contributed by atoms with Gasteiger partial charge in [-0.3, -0.25) is 0 Å². The normalized spacial score (nSPS) is 5.00. The van der Waals surface area contributed by atoms with Gasteiger partial charge in [-0.05, 0) is 12.1 Å². The Morgan fingerprint density at radius 2 is 1.08 bits per heavy atom. The van der Waals surface area contributed by atoms with Crippen molar-refractivity contribution < 1.29 is 77.1 Å². The largest absolute Gasteiger partial charge is 1.00 e. The molecule has 1 aromatic carbocycles. The van der Waals surface area contributed by atoms with Crippen LogP contribution in [0, 0.1) is 0 Å². The minimum atomic E-state index is 0. The van der Waals surface area contributed by atoms with Crippen molar-refractivity contribution in [1.29, 1.82) is 0 Å². The Bertz CT molecular complexity index is 149. The Balaban J connectivity index is -0.0000000327. The summed E-state index contributed by atoms with van der Waals surface area (Å²) in [5.41, 5.74) is 0. The fourth-order valence-electron chi connectivity index (χ4n) is 0.428. The number of halogens is 4. The van der Waals surface area contributed by atoms with Crippen LogP contribution >= 0.6 is 0 Å². The predicted octanol–water partition coefficient (Wildman–Crippen LogP) is -10.6. The first-order valence-corrected chi connectivity index (χ1v) is 2.13. The Labute approximate surface area is 112 Å². The maximum atomic E-state index is 8.63. The Morgan fingerprint density at radius 1 is 0.750 bits per heavy atom. The van der Waals surface area contributed by atoms with Crippen molar-refractivity contribution in [2.75, 3.05) is 0 Å². The predicted molar refractivity (Wildman–Crippen MR) is 28.1 cm³/mol. The summed E-state index contributed by atoms with van der Waals surface area (Å²) in [6.45, 7) is 0. The average molecular weight is 417 g/mol. The number of hydrogen-bond donors (Lipinski definition) is 1. The van der Waals surface area contributed by atoms with E-state index in [1.165, 1.54) is 0 Å². The van der Waals surface area contributed by atoms with Gasteiger partial charge in [0.05, 0.1) is 0 Å². The molecule has 0 aliphatic rings. The van der Waals surface area contributed by atoms with Gasteiger partial charge >= 0.3 is 0 Å². The van der Waals surface area contributed by atoms with E-state index < -0.39 is 0 Å². The van der Waals surface area contributed by atoms with E-state index in [9.17, 15) is 0 Å². The Hall–Kier alpha value is 0.920. The van der Waals surface area contributed by atoms with Crippen LogP contribution in [0.3, 0.4) is 0 Å². The number of hydrogen-bond acceptors (Lipinski definition) is 1. The van der Waals surface area contributed by atoms with Gasteiger partial charge < -0.3 is 54.7 Å². The molecule has 1 N–H and O–H groups in total. The summed E-state index contributed by atoms with van der Waals surface area (Å²) in [7, 11) is 0. The van der Waals surface area contributed by atoms with E-state index in [4.69, 9.17) is 5.11 Å². The van der Waals surface area contributed by atoms with Crippen LogP contribution < -0.4 is 49.6 Å². The van der Waals surface area contributed by atoms with Crippen molar-refractivity contribution >= 4 is 0 Å². The number of benzene rings is 1.